The molecule has 176 valence electrons. The Bertz CT molecular complexity index is 1450. The van der Waals surface area contributed by atoms with Gasteiger partial charge >= 0.3 is 0 Å². The van der Waals surface area contributed by atoms with Crippen molar-refractivity contribution < 1.29 is 4.73 Å². The molecule has 5 rings (SSSR count). The molecule has 0 saturated heterocycles. The van der Waals surface area contributed by atoms with Gasteiger partial charge in [-0.1, -0.05) is 48.7 Å². The minimum Gasteiger partial charge on any atom is -0.619 e. The Morgan fingerprint density at radius 1 is 0.941 bits per heavy atom. The highest BCUT2D eigenvalue weighted by Crippen LogP contribution is 2.20. The van der Waals surface area contributed by atoms with Crippen LogP contribution in [-0.2, 0) is 19.4 Å². The lowest BCUT2D eigenvalue weighted by Crippen LogP contribution is -2.25. The monoisotopic (exact) mass is 518 g/mol. The van der Waals surface area contributed by atoms with Gasteiger partial charge in [-0.25, -0.2) is 14.5 Å². The summed E-state index contributed by atoms with van der Waals surface area (Å²) >= 11 is 17.8. The van der Waals surface area contributed by atoms with E-state index < -0.39 is 0 Å². The molecular weight excluding hydrogens is 499 g/mol. The molecule has 0 aliphatic carbocycles. The zero-order chi connectivity index (χ0) is 24.2. The number of anilines is 1. The van der Waals surface area contributed by atoms with Gasteiger partial charge in [0, 0.05) is 41.4 Å². The van der Waals surface area contributed by atoms with Crippen molar-refractivity contribution in [2.24, 2.45) is 0 Å². The second-order valence-corrected chi connectivity index (χ2v) is 8.47. The maximum absolute atomic E-state index is 11.3. The molecule has 34 heavy (non-hydrogen) atoms. The maximum atomic E-state index is 11.3. The number of hydrogen-bond donors (Lipinski definition) is 1. The summed E-state index contributed by atoms with van der Waals surface area (Å²) in [6.45, 7) is 4.58. The number of aryl methyl sites for hydroxylation is 2. The molecule has 0 radical (unpaired) electrons. The number of rotatable bonds is 5. The second kappa shape index (κ2) is 10.4. The average molecular weight is 520 g/mol. The van der Waals surface area contributed by atoms with Gasteiger partial charge in [0.05, 0.1) is 12.4 Å². The van der Waals surface area contributed by atoms with Crippen LogP contribution in [0.25, 0.3) is 11.3 Å². The highest BCUT2D eigenvalue weighted by atomic mass is 35.5. The molecule has 0 aliphatic heterocycles. The third-order valence-corrected chi connectivity index (χ3v) is 5.71. The summed E-state index contributed by atoms with van der Waals surface area (Å²) in [5.74, 6) is 0.742. The van der Waals surface area contributed by atoms with E-state index in [0.29, 0.717) is 22.0 Å². The molecule has 5 aromatic heterocycles. The van der Waals surface area contributed by atoms with Crippen LogP contribution in [-0.4, -0.2) is 29.2 Å². The minimum absolute atomic E-state index is 0.396. The quantitative estimate of drug-likeness (QED) is 0.204. The molecule has 12 heteroatoms. The Kier molecular flexibility index (Phi) is 7.35. The van der Waals surface area contributed by atoms with Gasteiger partial charge in [-0.3, -0.25) is 0 Å². The molecule has 0 atom stereocenters. The van der Waals surface area contributed by atoms with E-state index in [1.807, 2.05) is 19.9 Å². The Hall–Kier alpha value is -3.14. The second-order valence-electron chi connectivity index (χ2n) is 7.31. The van der Waals surface area contributed by atoms with E-state index >= 15 is 0 Å². The summed E-state index contributed by atoms with van der Waals surface area (Å²) in [6, 6.07) is 6.88. The fourth-order valence-electron chi connectivity index (χ4n) is 3.35. The largest absolute Gasteiger partial charge is 0.619 e. The van der Waals surface area contributed by atoms with E-state index in [-0.39, 0.29) is 0 Å². The predicted molar refractivity (Wildman–Crippen MR) is 132 cm³/mol. The van der Waals surface area contributed by atoms with Crippen molar-refractivity contribution in [1.29, 1.82) is 0 Å². The van der Waals surface area contributed by atoms with Crippen LogP contribution in [0.5, 0.6) is 0 Å². The van der Waals surface area contributed by atoms with Crippen LogP contribution in [0.15, 0.2) is 49.1 Å². The average Bonchev–Trinajstić information content (AvgIpc) is 3.41. The number of nitrogens with one attached hydrogen (secondary N) is 1. The molecule has 0 aliphatic rings. The molecule has 5 heterocycles. The highest BCUT2D eigenvalue weighted by Gasteiger charge is 2.10. The fraction of sp³-hybridized carbons (Fsp3) is 0.227. The standard InChI is InChI=1S/C14H14ClN5O.C8H7Cl2N3/c1-2-11-8-17-20-13(6-12(15)18-14(11)20)16-7-10-4-3-5-19(21)9-10;1-2-5-4-11-13-7(10)3-6(9)12-8(5)13/h3-6,8-9,16H,2,7H2,1H3;3-4H,2H2,1H3. The fourth-order valence-corrected chi connectivity index (χ4v) is 4.00. The van der Waals surface area contributed by atoms with Crippen molar-refractivity contribution in [2.45, 2.75) is 33.2 Å². The van der Waals surface area contributed by atoms with Crippen molar-refractivity contribution >= 4 is 51.9 Å². The molecule has 1 N–H and O–H groups in total. The number of fused-ring (bicyclic) bond motifs is 2. The molecule has 0 amide bonds. The molecular formula is C22H21Cl3N8O. The third kappa shape index (κ3) is 5.16. The van der Waals surface area contributed by atoms with Gasteiger partial charge in [0.15, 0.2) is 23.7 Å². The summed E-state index contributed by atoms with van der Waals surface area (Å²) in [5, 5.41) is 24.2. The smallest absolute Gasteiger partial charge is 0.185 e. The topological polar surface area (TPSA) is 99.3 Å². The first kappa shape index (κ1) is 24.0. The van der Waals surface area contributed by atoms with Gasteiger partial charge in [0.1, 0.15) is 21.3 Å². The van der Waals surface area contributed by atoms with Crippen LogP contribution in [0.2, 0.25) is 15.5 Å². The van der Waals surface area contributed by atoms with Crippen LogP contribution < -0.4 is 10.0 Å². The molecule has 0 spiro atoms. The van der Waals surface area contributed by atoms with Crippen LogP contribution >= 0.6 is 34.8 Å². The first-order chi connectivity index (χ1) is 16.4. The lowest BCUT2D eigenvalue weighted by atomic mass is 10.3. The first-order valence-corrected chi connectivity index (χ1v) is 11.7. The van der Waals surface area contributed by atoms with Crippen molar-refractivity contribution in [3.8, 4) is 0 Å². The summed E-state index contributed by atoms with van der Waals surface area (Å²) < 4.78 is 4.07. The van der Waals surface area contributed by atoms with Gasteiger partial charge in [-0.05, 0) is 18.9 Å². The lowest BCUT2D eigenvalue weighted by molar-refractivity contribution is -0.605. The number of pyridine rings is 1. The molecule has 0 aromatic carbocycles. The summed E-state index contributed by atoms with van der Waals surface area (Å²) in [7, 11) is 0. The van der Waals surface area contributed by atoms with Crippen molar-refractivity contribution in [1.82, 2.24) is 29.2 Å². The van der Waals surface area contributed by atoms with Crippen molar-refractivity contribution in [3.63, 3.8) is 0 Å². The number of hydrogen-bond acceptors (Lipinski definition) is 6. The minimum atomic E-state index is 0.396. The van der Waals surface area contributed by atoms with E-state index in [1.165, 1.54) is 12.4 Å². The molecule has 0 fully saturated rings. The summed E-state index contributed by atoms with van der Waals surface area (Å²) in [6.07, 6.45) is 8.22. The molecule has 0 unspecified atom stereocenters. The van der Waals surface area contributed by atoms with Crippen LogP contribution in [0, 0.1) is 5.21 Å². The number of aromatic nitrogens is 7. The van der Waals surface area contributed by atoms with Crippen LogP contribution in [0.1, 0.15) is 30.5 Å². The normalized spacial score (nSPS) is 11.0. The number of nitrogens with zero attached hydrogens (tertiary/aromatic N) is 7. The van der Waals surface area contributed by atoms with Gasteiger partial charge in [0.2, 0.25) is 0 Å². The summed E-state index contributed by atoms with van der Waals surface area (Å²) in [5.41, 5.74) is 4.44. The zero-order valence-electron chi connectivity index (χ0n) is 18.4. The van der Waals surface area contributed by atoms with E-state index in [0.717, 1.165) is 51.4 Å². The summed E-state index contributed by atoms with van der Waals surface area (Å²) in [4.78, 5) is 8.46. The zero-order valence-corrected chi connectivity index (χ0v) is 20.7. The van der Waals surface area contributed by atoms with Gasteiger partial charge in [-0.2, -0.15) is 19.4 Å². The van der Waals surface area contributed by atoms with E-state index in [1.54, 1.807) is 39.6 Å². The molecule has 9 nitrogen and oxygen atoms in total. The van der Waals surface area contributed by atoms with E-state index in [4.69, 9.17) is 34.8 Å². The van der Waals surface area contributed by atoms with Crippen molar-refractivity contribution in [2.75, 3.05) is 5.32 Å². The lowest BCUT2D eigenvalue weighted by Gasteiger charge is -2.09. The van der Waals surface area contributed by atoms with E-state index in [2.05, 4.69) is 25.5 Å². The number of halogens is 3. The Balaban J connectivity index is 0.000000180. The van der Waals surface area contributed by atoms with Gasteiger partial charge in [0.25, 0.3) is 0 Å². The predicted octanol–water partition coefficient (Wildman–Crippen LogP) is 4.79. The van der Waals surface area contributed by atoms with Crippen LogP contribution in [0.3, 0.4) is 0 Å². The molecule has 0 saturated carbocycles. The van der Waals surface area contributed by atoms with Crippen molar-refractivity contribution in [3.05, 3.63) is 86.4 Å². The van der Waals surface area contributed by atoms with Gasteiger partial charge in [-0.15, -0.1) is 0 Å². The highest BCUT2D eigenvalue weighted by molar-refractivity contribution is 6.33. The SMILES string of the molecule is CCc1cnn2c(Cl)cc(Cl)nc12.CCc1cnn2c(NCc3ccc[n+]([O-])c3)cc(Cl)nc12. The Morgan fingerprint density at radius 2 is 1.56 bits per heavy atom. The van der Waals surface area contributed by atoms with Gasteiger partial charge < -0.3 is 10.5 Å². The maximum Gasteiger partial charge on any atom is 0.185 e. The Morgan fingerprint density at radius 3 is 2.21 bits per heavy atom. The van der Waals surface area contributed by atoms with Crippen LogP contribution in [0.4, 0.5) is 5.82 Å². The first-order valence-electron chi connectivity index (χ1n) is 10.5. The molecule has 0 bridgehead atoms. The van der Waals surface area contributed by atoms with E-state index in [9.17, 15) is 5.21 Å². The Labute approximate surface area is 210 Å². The molecule has 5 aromatic rings. The third-order valence-electron chi connectivity index (χ3n) is 5.06.